The molecule has 1 amide bonds. The molecule has 1 atom stereocenters. The largest absolute Gasteiger partial charge is 0.506 e. The summed E-state index contributed by atoms with van der Waals surface area (Å²) in [6.07, 6.45) is 0.291. The standard InChI is InChI=1S/C14H15N5O6/c1-3-11(17-8(2)6-13(16-17)19(24)25)14(21)15-10-5-4-9(18(22)23)7-12(10)20/h4-7,11,20H,3H2,1-2H3,(H,15,21). The van der Waals surface area contributed by atoms with Gasteiger partial charge < -0.3 is 20.5 Å². The second kappa shape index (κ2) is 6.95. The van der Waals surface area contributed by atoms with E-state index in [4.69, 9.17) is 0 Å². The Morgan fingerprint density at radius 2 is 2.00 bits per heavy atom. The Hall–Kier alpha value is -3.50. The molecule has 0 aliphatic carbocycles. The van der Waals surface area contributed by atoms with Crippen molar-refractivity contribution in [2.24, 2.45) is 0 Å². The van der Waals surface area contributed by atoms with Crippen LogP contribution in [0.4, 0.5) is 17.2 Å². The van der Waals surface area contributed by atoms with Crippen molar-refractivity contribution in [2.45, 2.75) is 26.3 Å². The third-order valence-electron chi connectivity index (χ3n) is 3.53. The number of benzene rings is 1. The van der Waals surface area contributed by atoms with Gasteiger partial charge in [-0.15, -0.1) is 0 Å². The predicted octanol–water partition coefficient (Wildman–Crippen LogP) is 2.30. The molecule has 0 saturated carbocycles. The van der Waals surface area contributed by atoms with Gasteiger partial charge in [0.15, 0.2) is 6.04 Å². The zero-order valence-electron chi connectivity index (χ0n) is 13.4. The van der Waals surface area contributed by atoms with Crippen LogP contribution in [-0.2, 0) is 4.79 Å². The number of hydrogen-bond acceptors (Lipinski definition) is 7. The average Bonchev–Trinajstić information content (AvgIpc) is 2.92. The minimum absolute atomic E-state index is 0.00615. The molecule has 0 radical (unpaired) electrons. The fraction of sp³-hybridized carbons (Fsp3) is 0.286. The van der Waals surface area contributed by atoms with Gasteiger partial charge in [-0.3, -0.25) is 14.9 Å². The molecule has 0 saturated heterocycles. The number of hydrogen-bond donors (Lipinski definition) is 2. The van der Waals surface area contributed by atoms with Crippen LogP contribution in [0, 0.1) is 27.2 Å². The summed E-state index contributed by atoms with van der Waals surface area (Å²) in [5, 5.41) is 37.5. The van der Waals surface area contributed by atoms with E-state index in [9.17, 15) is 30.1 Å². The lowest BCUT2D eigenvalue weighted by Crippen LogP contribution is -2.27. The number of carbonyl (C=O) groups excluding carboxylic acids is 1. The van der Waals surface area contributed by atoms with Crippen LogP contribution in [0.2, 0.25) is 0 Å². The zero-order valence-corrected chi connectivity index (χ0v) is 13.4. The summed E-state index contributed by atoms with van der Waals surface area (Å²) in [6, 6.07) is 3.67. The molecule has 11 nitrogen and oxygen atoms in total. The van der Waals surface area contributed by atoms with Crippen molar-refractivity contribution in [3.05, 3.63) is 50.2 Å². The van der Waals surface area contributed by atoms with E-state index >= 15 is 0 Å². The number of nitro groups is 2. The number of nitrogens with one attached hydrogen (secondary N) is 1. The predicted molar refractivity (Wildman–Crippen MR) is 86.3 cm³/mol. The maximum atomic E-state index is 12.5. The van der Waals surface area contributed by atoms with Crippen LogP contribution in [-0.4, -0.2) is 30.6 Å². The van der Waals surface area contributed by atoms with E-state index in [1.165, 1.54) is 16.8 Å². The summed E-state index contributed by atoms with van der Waals surface area (Å²) in [6.45, 7) is 3.28. The van der Waals surface area contributed by atoms with E-state index in [-0.39, 0.29) is 17.2 Å². The second-order valence-electron chi connectivity index (χ2n) is 5.22. The molecule has 2 rings (SSSR count). The van der Waals surface area contributed by atoms with Crippen molar-refractivity contribution in [1.29, 1.82) is 0 Å². The quantitative estimate of drug-likeness (QED) is 0.460. The normalized spacial score (nSPS) is 11.8. The van der Waals surface area contributed by atoms with Crippen LogP contribution < -0.4 is 5.32 Å². The lowest BCUT2D eigenvalue weighted by Gasteiger charge is -2.14. The van der Waals surface area contributed by atoms with Gasteiger partial charge in [-0.1, -0.05) is 6.92 Å². The summed E-state index contributed by atoms with van der Waals surface area (Å²) < 4.78 is 1.23. The Morgan fingerprint density at radius 1 is 1.32 bits per heavy atom. The zero-order chi connectivity index (χ0) is 18.7. The van der Waals surface area contributed by atoms with Crippen LogP contribution in [0.15, 0.2) is 24.3 Å². The highest BCUT2D eigenvalue weighted by Crippen LogP contribution is 2.29. The van der Waals surface area contributed by atoms with Crippen molar-refractivity contribution in [3.63, 3.8) is 0 Å². The number of aromatic hydroxyl groups is 1. The highest BCUT2D eigenvalue weighted by molar-refractivity contribution is 5.95. The second-order valence-corrected chi connectivity index (χ2v) is 5.22. The van der Waals surface area contributed by atoms with E-state index in [0.29, 0.717) is 12.1 Å². The van der Waals surface area contributed by atoms with Crippen molar-refractivity contribution < 1.29 is 19.7 Å². The topological polar surface area (TPSA) is 153 Å². The number of phenolic OH excluding ortho intramolecular Hbond substituents is 1. The van der Waals surface area contributed by atoms with Crippen LogP contribution >= 0.6 is 0 Å². The highest BCUT2D eigenvalue weighted by atomic mass is 16.6. The maximum Gasteiger partial charge on any atom is 0.390 e. The molecule has 132 valence electrons. The third-order valence-corrected chi connectivity index (χ3v) is 3.53. The molecule has 11 heteroatoms. The molecule has 0 aliphatic heterocycles. The summed E-state index contributed by atoms with van der Waals surface area (Å²) >= 11 is 0. The number of aromatic nitrogens is 2. The van der Waals surface area contributed by atoms with E-state index in [1.807, 2.05) is 0 Å². The smallest absolute Gasteiger partial charge is 0.390 e. The Bertz CT molecular complexity index is 846. The van der Waals surface area contributed by atoms with E-state index < -0.39 is 27.5 Å². The van der Waals surface area contributed by atoms with Crippen LogP contribution in [0.25, 0.3) is 0 Å². The summed E-state index contributed by atoms with van der Waals surface area (Å²) in [7, 11) is 0. The number of nitrogens with zero attached hydrogens (tertiary/aromatic N) is 4. The summed E-state index contributed by atoms with van der Waals surface area (Å²) in [5.41, 5.74) is 0.107. The molecular weight excluding hydrogens is 334 g/mol. The number of non-ortho nitro benzene ring substituents is 1. The number of rotatable bonds is 6. The van der Waals surface area contributed by atoms with Crippen molar-refractivity contribution in [3.8, 4) is 5.75 Å². The Balaban J connectivity index is 2.26. The highest BCUT2D eigenvalue weighted by Gasteiger charge is 2.27. The molecule has 0 aliphatic rings. The first-order valence-corrected chi connectivity index (χ1v) is 7.23. The number of carbonyl (C=O) groups is 1. The van der Waals surface area contributed by atoms with Crippen molar-refractivity contribution in [2.75, 3.05) is 5.32 Å². The Labute approximate surface area is 141 Å². The molecule has 1 aromatic carbocycles. The fourth-order valence-corrected chi connectivity index (χ4v) is 2.30. The number of aryl methyl sites for hydroxylation is 1. The summed E-state index contributed by atoms with van der Waals surface area (Å²) in [4.78, 5) is 32.6. The number of nitro benzene ring substituents is 1. The lowest BCUT2D eigenvalue weighted by molar-refractivity contribution is -0.389. The molecule has 0 bridgehead atoms. The van der Waals surface area contributed by atoms with Gasteiger partial charge in [-0.2, -0.15) is 4.68 Å². The van der Waals surface area contributed by atoms with Gasteiger partial charge in [0.2, 0.25) is 0 Å². The van der Waals surface area contributed by atoms with E-state index in [2.05, 4.69) is 10.4 Å². The minimum Gasteiger partial charge on any atom is -0.506 e. The minimum atomic E-state index is -0.844. The van der Waals surface area contributed by atoms with Crippen LogP contribution in [0.3, 0.4) is 0 Å². The molecule has 25 heavy (non-hydrogen) atoms. The molecule has 1 aromatic heterocycles. The van der Waals surface area contributed by atoms with Gasteiger partial charge in [0.1, 0.15) is 5.75 Å². The van der Waals surface area contributed by atoms with E-state index in [1.54, 1.807) is 13.8 Å². The number of anilines is 1. The summed E-state index contributed by atoms with van der Waals surface area (Å²) in [5.74, 6) is -1.39. The first-order valence-electron chi connectivity index (χ1n) is 7.23. The molecule has 0 spiro atoms. The first kappa shape index (κ1) is 17.8. The van der Waals surface area contributed by atoms with Gasteiger partial charge in [0.05, 0.1) is 33.5 Å². The van der Waals surface area contributed by atoms with Gasteiger partial charge in [-0.05, 0) is 24.3 Å². The Morgan fingerprint density at radius 3 is 2.48 bits per heavy atom. The number of amides is 1. The van der Waals surface area contributed by atoms with Crippen molar-refractivity contribution in [1.82, 2.24) is 9.78 Å². The van der Waals surface area contributed by atoms with Gasteiger partial charge in [0, 0.05) is 6.07 Å². The van der Waals surface area contributed by atoms with Gasteiger partial charge in [0.25, 0.3) is 11.6 Å². The third kappa shape index (κ3) is 3.71. The lowest BCUT2D eigenvalue weighted by atomic mass is 10.2. The number of phenols is 1. The fourth-order valence-electron chi connectivity index (χ4n) is 2.30. The van der Waals surface area contributed by atoms with E-state index in [0.717, 1.165) is 12.1 Å². The van der Waals surface area contributed by atoms with Crippen LogP contribution in [0.5, 0.6) is 5.75 Å². The van der Waals surface area contributed by atoms with Crippen molar-refractivity contribution >= 4 is 23.1 Å². The molecule has 2 N–H and O–H groups in total. The molecule has 0 fully saturated rings. The monoisotopic (exact) mass is 349 g/mol. The molecule has 1 unspecified atom stereocenters. The molecular formula is C14H15N5O6. The van der Waals surface area contributed by atoms with Gasteiger partial charge >= 0.3 is 5.82 Å². The van der Waals surface area contributed by atoms with Gasteiger partial charge in [-0.25, -0.2) is 0 Å². The van der Waals surface area contributed by atoms with Crippen LogP contribution in [0.1, 0.15) is 25.1 Å². The SMILES string of the molecule is CCC(C(=O)Nc1ccc([N+](=O)[O-])cc1O)n1nc([N+](=O)[O-])cc1C. The average molecular weight is 349 g/mol. The molecule has 1 heterocycles. The molecule has 2 aromatic rings. The Kier molecular flexibility index (Phi) is 4.96. The first-order chi connectivity index (χ1) is 11.7. The maximum absolute atomic E-state index is 12.5.